The summed E-state index contributed by atoms with van der Waals surface area (Å²) >= 11 is 0. The molecule has 1 aromatic rings. The van der Waals surface area contributed by atoms with Crippen molar-refractivity contribution in [2.75, 3.05) is 26.2 Å². The molecule has 2 heteroatoms. The molecule has 0 unspecified atom stereocenters. The fourth-order valence-electron chi connectivity index (χ4n) is 2.91. The van der Waals surface area contributed by atoms with Gasteiger partial charge in [-0.1, -0.05) is 44.2 Å². The molecule has 1 fully saturated rings. The Morgan fingerprint density at radius 3 is 2.47 bits per heavy atom. The van der Waals surface area contributed by atoms with E-state index in [1.807, 2.05) is 0 Å². The van der Waals surface area contributed by atoms with E-state index < -0.39 is 0 Å². The fourth-order valence-corrected chi connectivity index (χ4v) is 2.91. The molecule has 106 valence electrons. The number of hydrogen-bond donors (Lipinski definition) is 1. The number of nitrogens with zero attached hydrogens (tertiary/aromatic N) is 1. The van der Waals surface area contributed by atoms with Gasteiger partial charge < -0.3 is 5.32 Å². The molecule has 1 aromatic carbocycles. The van der Waals surface area contributed by atoms with E-state index in [-0.39, 0.29) is 0 Å². The third-order valence-corrected chi connectivity index (χ3v) is 4.47. The first-order valence-electron chi connectivity index (χ1n) is 7.69. The number of benzene rings is 1. The van der Waals surface area contributed by atoms with Crippen LogP contribution in [0.2, 0.25) is 0 Å². The van der Waals surface area contributed by atoms with E-state index in [1.54, 1.807) is 0 Å². The second-order valence-electron chi connectivity index (χ2n) is 6.18. The van der Waals surface area contributed by atoms with Crippen molar-refractivity contribution in [3.8, 4) is 0 Å². The van der Waals surface area contributed by atoms with Crippen LogP contribution < -0.4 is 5.32 Å². The molecule has 1 saturated heterocycles. The van der Waals surface area contributed by atoms with Gasteiger partial charge in [-0.2, -0.15) is 0 Å². The van der Waals surface area contributed by atoms with E-state index in [2.05, 4.69) is 54.4 Å². The zero-order chi connectivity index (χ0) is 13.6. The molecule has 0 atom stereocenters. The van der Waals surface area contributed by atoms with Gasteiger partial charge in [0, 0.05) is 6.54 Å². The van der Waals surface area contributed by atoms with Gasteiger partial charge in [-0.3, -0.25) is 4.90 Å². The average molecular weight is 260 g/mol. The summed E-state index contributed by atoms with van der Waals surface area (Å²) in [4.78, 5) is 2.60. The van der Waals surface area contributed by atoms with Crippen LogP contribution in [-0.4, -0.2) is 31.1 Å². The zero-order valence-electron chi connectivity index (χ0n) is 12.5. The first kappa shape index (κ1) is 14.5. The third-order valence-electron chi connectivity index (χ3n) is 4.47. The molecule has 1 aliphatic rings. The van der Waals surface area contributed by atoms with Crippen LogP contribution in [0, 0.1) is 5.41 Å². The van der Waals surface area contributed by atoms with Crippen molar-refractivity contribution in [2.24, 2.45) is 5.41 Å². The Morgan fingerprint density at radius 2 is 1.84 bits per heavy atom. The lowest BCUT2D eigenvalue weighted by Crippen LogP contribution is -2.39. The van der Waals surface area contributed by atoms with E-state index in [0.717, 1.165) is 13.1 Å². The number of hydrogen-bond acceptors (Lipinski definition) is 2. The Kier molecular flexibility index (Phi) is 5.41. The van der Waals surface area contributed by atoms with E-state index in [0.29, 0.717) is 5.41 Å². The van der Waals surface area contributed by atoms with Crippen LogP contribution >= 0.6 is 0 Å². The first-order valence-corrected chi connectivity index (χ1v) is 7.69. The molecule has 1 heterocycles. The van der Waals surface area contributed by atoms with Crippen molar-refractivity contribution in [1.82, 2.24) is 10.2 Å². The SMILES string of the molecule is CCNCCC1(C)CCN(Cc2ccccc2)CC1. The predicted molar refractivity (Wildman–Crippen MR) is 82.2 cm³/mol. The minimum Gasteiger partial charge on any atom is -0.317 e. The molecule has 0 spiro atoms. The van der Waals surface area contributed by atoms with Gasteiger partial charge in [0.2, 0.25) is 0 Å². The second-order valence-corrected chi connectivity index (χ2v) is 6.18. The lowest BCUT2D eigenvalue weighted by molar-refractivity contribution is 0.105. The summed E-state index contributed by atoms with van der Waals surface area (Å²) in [7, 11) is 0. The highest BCUT2D eigenvalue weighted by atomic mass is 15.1. The number of piperidine rings is 1. The van der Waals surface area contributed by atoms with Crippen molar-refractivity contribution in [1.29, 1.82) is 0 Å². The van der Waals surface area contributed by atoms with Gasteiger partial charge in [0.05, 0.1) is 0 Å². The summed E-state index contributed by atoms with van der Waals surface area (Å²) in [5, 5.41) is 3.46. The van der Waals surface area contributed by atoms with Gasteiger partial charge in [-0.05, 0) is 56.4 Å². The van der Waals surface area contributed by atoms with Crippen LogP contribution in [0.5, 0.6) is 0 Å². The molecular formula is C17H28N2. The minimum absolute atomic E-state index is 0.551. The molecule has 2 nitrogen and oxygen atoms in total. The van der Waals surface area contributed by atoms with Crippen LogP contribution in [0.4, 0.5) is 0 Å². The molecule has 2 rings (SSSR count). The van der Waals surface area contributed by atoms with Crippen molar-refractivity contribution < 1.29 is 0 Å². The molecular weight excluding hydrogens is 232 g/mol. The fraction of sp³-hybridized carbons (Fsp3) is 0.647. The Morgan fingerprint density at radius 1 is 1.16 bits per heavy atom. The summed E-state index contributed by atoms with van der Waals surface area (Å²) in [5.41, 5.74) is 1.99. The maximum Gasteiger partial charge on any atom is 0.0233 e. The van der Waals surface area contributed by atoms with Gasteiger partial charge in [-0.25, -0.2) is 0 Å². The van der Waals surface area contributed by atoms with Crippen molar-refractivity contribution >= 4 is 0 Å². The highest BCUT2D eigenvalue weighted by Gasteiger charge is 2.29. The van der Waals surface area contributed by atoms with Crippen LogP contribution in [0.3, 0.4) is 0 Å². The molecule has 0 aromatic heterocycles. The highest BCUT2D eigenvalue weighted by molar-refractivity contribution is 5.14. The summed E-state index contributed by atoms with van der Waals surface area (Å²) in [6, 6.07) is 10.8. The number of likely N-dealkylation sites (tertiary alicyclic amines) is 1. The molecule has 0 bridgehead atoms. The predicted octanol–water partition coefficient (Wildman–Crippen LogP) is 3.29. The summed E-state index contributed by atoms with van der Waals surface area (Å²) in [6.45, 7) is 10.5. The van der Waals surface area contributed by atoms with Gasteiger partial charge in [0.1, 0.15) is 0 Å². The van der Waals surface area contributed by atoms with Gasteiger partial charge in [0.15, 0.2) is 0 Å². The Labute approximate surface area is 118 Å². The van der Waals surface area contributed by atoms with Crippen LogP contribution in [0.15, 0.2) is 30.3 Å². The summed E-state index contributed by atoms with van der Waals surface area (Å²) < 4.78 is 0. The van der Waals surface area contributed by atoms with Crippen LogP contribution in [0.1, 0.15) is 38.7 Å². The lowest BCUT2D eigenvalue weighted by Gasteiger charge is -2.39. The Hall–Kier alpha value is -0.860. The molecule has 19 heavy (non-hydrogen) atoms. The summed E-state index contributed by atoms with van der Waals surface area (Å²) in [6.07, 6.45) is 4.00. The Balaban J connectivity index is 1.75. The van der Waals surface area contributed by atoms with Crippen molar-refractivity contribution in [2.45, 2.75) is 39.7 Å². The van der Waals surface area contributed by atoms with Crippen LogP contribution in [-0.2, 0) is 6.54 Å². The third kappa shape index (κ3) is 4.63. The smallest absolute Gasteiger partial charge is 0.0233 e. The van der Waals surface area contributed by atoms with Gasteiger partial charge in [0.25, 0.3) is 0 Å². The van der Waals surface area contributed by atoms with Crippen LogP contribution in [0.25, 0.3) is 0 Å². The van der Waals surface area contributed by atoms with Crippen molar-refractivity contribution in [3.63, 3.8) is 0 Å². The molecule has 1 N–H and O–H groups in total. The topological polar surface area (TPSA) is 15.3 Å². The summed E-state index contributed by atoms with van der Waals surface area (Å²) in [5.74, 6) is 0. The largest absolute Gasteiger partial charge is 0.317 e. The van der Waals surface area contributed by atoms with E-state index >= 15 is 0 Å². The van der Waals surface area contributed by atoms with Gasteiger partial charge in [-0.15, -0.1) is 0 Å². The van der Waals surface area contributed by atoms with E-state index in [1.165, 1.54) is 44.5 Å². The Bertz CT molecular complexity index is 353. The highest BCUT2D eigenvalue weighted by Crippen LogP contribution is 2.34. The molecule has 1 aliphatic heterocycles. The monoisotopic (exact) mass is 260 g/mol. The number of nitrogens with one attached hydrogen (secondary N) is 1. The zero-order valence-corrected chi connectivity index (χ0v) is 12.5. The molecule has 0 amide bonds. The lowest BCUT2D eigenvalue weighted by atomic mass is 9.77. The van der Waals surface area contributed by atoms with E-state index in [9.17, 15) is 0 Å². The standard InChI is InChI=1S/C17H28N2/c1-3-18-12-9-17(2)10-13-19(14-11-17)15-16-7-5-4-6-8-16/h4-8,18H,3,9-15H2,1-2H3. The normalized spacial score (nSPS) is 19.5. The van der Waals surface area contributed by atoms with Gasteiger partial charge >= 0.3 is 0 Å². The molecule has 0 radical (unpaired) electrons. The quantitative estimate of drug-likeness (QED) is 0.790. The molecule has 0 aliphatic carbocycles. The minimum atomic E-state index is 0.551. The average Bonchev–Trinajstić information content (AvgIpc) is 2.43. The van der Waals surface area contributed by atoms with E-state index in [4.69, 9.17) is 0 Å². The maximum absolute atomic E-state index is 3.46. The second kappa shape index (κ2) is 7.06. The van der Waals surface area contributed by atoms with Crippen molar-refractivity contribution in [3.05, 3.63) is 35.9 Å². The molecule has 0 saturated carbocycles. The first-order chi connectivity index (χ1) is 9.22. The maximum atomic E-state index is 3.46. The number of rotatable bonds is 6.